The van der Waals surface area contributed by atoms with Crippen LogP contribution in [0.5, 0.6) is 11.5 Å². The third-order valence-electron chi connectivity index (χ3n) is 4.60. The predicted octanol–water partition coefficient (Wildman–Crippen LogP) is 3.96. The van der Waals surface area contributed by atoms with E-state index in [-0.39, 0.29) is 5.75 Å². The molecule has 1 aliphatic rings. The van der Waals surface area contributed by atoms with Crippen molar-refractivity contribution in [3.05, 3.63) is 23.8 Å². The van der Waals surface area contributed by atoms with Crippen LogP contribution in [0.25, 0.3) is 0 Å². The van der Waals surface area contributed by atoms with Crippen LogP contribution in [0.1, 0.15) is 46.6 Å². The van der Waals surface area contributed by atoms with Crippen LogP contribution in [0.3, 0.4) is 0 Å². The average Bonchev–Trinajstić information content (AvgIpc) is 2.37. The van der Waals surface area contributed by atoms with E-state index in [1.807, 2.05) is 0 Å². The number of hydrogen-bond acceptors (Lipinski definition) is 2. The van der Waals surface area contributed by atoms with Gasteiger partial charge in [0.05, 0.1) is 0 Å². The van der Waals surface area contributed by atoms with E-state index >= 15 is 0 Å². The number of phenols is 1. The molecule has 0 heterocycles. The monoisotopic (exact) mass is 272 g/mol. The van der Waals surface area contributed by atoms with E-state index in [0.29, 0.717) is 22.1 Å². The normalized spacial score (nSPS) is 19.2. The summed E-state index contributed by atoms with van der Waals surface area (Å²) in [7, 11) is 6.67. The van der Waals surface area contributed by atoms with Crippen molar-refractivity contribution in [3.63, 3.8) is 0 Å². The maximum absolute atomic E-state index is 9.02. The molecule has 0 aliphatic heterocycles. The van der Waals surface area contributed by atoms with Crippen molar-refractivity contribution in [2.75, 3.05) is 7.11 Å². The second-order valence-corrected chi connectivity index (χ2v) is 6.90. The van der Waals surface area contributed by atoms with Gasteiger partial charge in [-0.25, -0.2) is 0 Å². The third kappa shape index (κ3) is 3.61. The van der Waals surface area contributed by atoms with Gasteiger partial charge >= 0.3 is 65.3 Å². The molecule has 0 aromatic heterocycles. The van der Waals surface area contributed by atoms with Crippen LogP contribution >= 0.6 is 0 Å². The van der Waals surface area contributed by atoms with Crippen molar-refractivity contribution in [1.29, 1.82) is 0 Å². The molecular weight excluding hydrogens is 247 g/mol. The number of methoxy groups -OCH3 is 1. The van der Waals surface area contributed by atoms with Crippen molar-refractivity contribution in [1.82, 2.24) is 0 Å². The first-order valence-electron chi connectivity index (χ1n) is 6.97. The summed E-state index contributed by atoms with van der Waals surface area (Å²) in [6.07, 6.45) is 1.39. The molecule has 0 saturated heterocycles. The first-order valence-corrected chi connectivity index (χ1v) is 6.97. The van der Waals surface area contributed by atoms with Gasteiger partial charge in [-0.3, -0.25) is 0 Å². The second-order valence-electron chi connectivity index (χ2n) is 6.90. The summed E-state index contributed by atoms with van der Waals surface area (Å²) in [6.45, 7) is 11.8. The van der Waals surface area contributed by atoms with Crippen LogP contribution in [-0.4, -0.2) is 19.5 Å². The molecule has 1 aliphatic carbocycles. The summed E-state index contributed by atoms with van der Waals surface area (Å²) >= 11 is 0. The van der Waals surface area contributed by atoms with E-state index in [1.165, 1.54) is 25.7 Å². The van der Waals surface area contributed by atoms with Crippen molar-refractivity contribution >= 4 is 7.33 Å². The Kier molecular flexibility index (Phi) is 4.99. The quantitative estimate of drug-likeness (QED) is 0.784. The van der Waals surface area contributed by atoms with Gasteiger partial charge in [0.25, 0.3) is 0 Å². The first kappa shape index (κ1) is 16.7. The standard InChI is InChI=1S/C9H18.C8H7BO2/c1-7-8(2,3)6-9(7,4)5;1-11-8-4-7(10)3-2-6(8)5-9/h7H,6H2,1-5H3;2-4,10H,1H3. The van der Waals surface area contributed by atoms with Crippen LogP contribution in [0.2, 0.25) is 0 Å². The number of hydrogen-bond donors (Lipinski definition) is 1. The number of ether oxygens (including phenoxy) is 1. The minimum atomic E-state index is 0.154. The zero-order chi connectivity index (χ0) is 15.6. The molecule has 0 radical (unpaired) electrons. The van der Waals surface area contributed by atoms with E-state index in [9.17, 15) is 0 Å². The topological polar surface area (TPSA) is 29.5 Å². The zero-order valence-corrected chi connectivity index (χ0v) is 13.4. The number of phenolic OH excluding ortho intramolecular Hbond substituents is 1. The zero-order valence-electron chi connectivity index (χ0n) is 13.4. The van der Waals surface area contributed by atoms with Crippen molar-refractivity contribution in [2.24, 2.45) is 16.7 Å². The van der Waals surface area contributed by atoms with E-state index in [0.717, 1.165) is 5.92 Å². The molecule has 0 spiro atoms. The molecule has 0 amide bonds. The van der Waals surface area contributed by atoms with Crippen LogP contribution in [0, 0.1) is 22.6 Å². The fraction of sp³-hybridized carbons (Fsp3) is 0.588. The molecule has 108 valence electrons. The summed E-state index contributed by atoms with van der Waals surface area (Å²) in [6, 6.07) is 4.64. The van der Waals surface area contributed by atoms with E-state index < -0.39 is 0 Å². The van der Waals surface area contributed by atoms with Crippen molar-refractivity contribution < 1.29 is 9.84 Å². The Morgan fingerprint density at radius 2 is 1.80 bits per heavy atom. The summed E-state index contributed by atoms with van der Waals surface area (Å²) in [5.74, 6) is 4.01. The smallest absolute Gasteiger partial charge is 0.0318 e. The maximum Gasteiger partial charge on any atom is -0.0318 e. The Bertz CT molecular complexity index is 498. The van der Waals surface area contributed by atoms with Crippen LogP contribution < -0.4 is 4.74 Å². The molecule has 0 bridgehead atoms. The minimum absolute atomic E-state index is 0.154. The van der Waals surface area contributed by atoms with Gasteiger partial charge in [0.2, 0.25) is 0 Å². The molecule has 1 N–H and O–H groups in total. The van der Waals surface area contributed by atoms with E-state index in [2.05, 4.69) is 40.4 Å². The molecule has 3 heteroatoms. The van der Waals surface area contributed by atoms with Gasteiger partial charge in [-0.05, 0) is 23.2 Å². The maximum atomic E-state index is 9.02. The van der Waals surface area contributed by atoms with Crippen LogP contribution in [-0.2, 0) is 0 Å². The van der Waals surface area contributed by atoms with Gasteiger partial charge in [-0.2, -0.15) is 0 Å². The number of benzene rings is 1. The summed E-state index contributed by atoms with van der Waals surface area (Å²) in [4.78, 5) is 0. The Morgan fingerprint density at radius 1 is 1.25 bits per heavy atom. The summed E-state index contributed by atoms with van der Waals surface area (Å²) in [5, 5.41) is 9.02. The summed E-state index contributed by atoms with van der Waals surface area (Å²) in [5.41, 5.74) is 1.87. The predicted molar refractivity (Wildman–Crippen MR) is 84.7 cm³/mol. The first-order chi connectivity index (χ1) is 9.14. The third-order valence-corrected chi connectivity index (χ3v) is 4.60. The molecule has 1 saturated carbocycles. The van der Waals surface area contributed by atoms with Gasteiger partial charge in [-0.1, -0.05) is 34.6 Å². The Morgan fingerprint density at radius 3 is 2.10 bits per heavy atom. The van der Waals surface area contributed by atoms with Gasteiger partial charge in [0.15, 0.2) is 0 Å². The van der Waals surface area contributed by atoms with Crippen molar-refractivity contribution in [2.45, 2.75) is 41.0 Å². The van der Waals surface area contributed by atoms with Gasteiger partial charge in [-0.15, -0.1) is 0 Å². The van der Waals surface area contributed by atoms with E-state index in [1.54, 1.807) is 6.07 Å². The second kappa shape index (κ2) is 5.97. The molecule has 1 fully saturated rings. The Hall–Kier alpha value is -1.34. The fourth-order valence-corrected chi connectivity index (χ4v) is 3.21. The SMILES string of the molecule is B#Cc1ccc(O)cc1OC.CC1C(C)(C)CC1(C)C. The molecule has 0 atom stereocenters. The molecule has 2 nitrogen and oxygen atoms in total. The summed E-state index contributed by atoms with van der Waals surface area (Å²) < 4.78 is 4.91. The number of rotatable bonds is 1. The largest absolute Gasteiger partial charge is 0.0615 e. The molecule has 2 rings (SSSR count). The van der Waals surface area contributed by atoms with Gasteiger partial charge < -0.3 is 0 Å². The Labute approximate surface area is 123 Å². The minimum Gasteiger partial charge on any atom is -0.0615 e. The van der Waals surface area contributed by atoms with E-state index in [4.69, 9.17) is 17.2 Å². The van der Waals surface area contributed by atoms with Crippen LogP contribution in [0.4, 0.5) is 0 Å². The fourth-order valence-electron chi connectivity index (χ4n) is 3.21. The van der Waals surface area contributed by atoms with Crippen molar-refractivity contribution in [3.8, 4) is 17.3 Å². The molecule has 0 unspecified atom stereocenters. The number of aromatic hydroxyl groups is 1. The average molecular weight is 272 g/mol. The molecular formula is C17H25BO2. The van der Waals surface area contributed by atoms with Gasteiger partial charge in [0.1, 0.15) is 0 Å². The molecule has 1 aromatic rings. The molecule has 20 heavy (non-hydrogen) atoms. The molecule has 1 aromatic carbocycles. The van der Waals surface area contributed by atoms with Gasteiger partial charge in [0, 0.05) is 0 Å². The Balaban J connectivity index is 0.000000204. The van der Waals surface area contributed by atoms with Crippen LogP contribution in [0.15, 0.2) is 18.2 Å².